The summed E-state index contributed by atoms with van der Waals surface area (Å²) in [5, 5.41) is 4.89. The Kier molecular flexibility index (Phi) is 4.97. The van der Waals surface area contributed by atoms with E-state index in [0.717, 1.165) is 10.9 Å². The summed E-state index contributed by atoms with van der Waals surface area (Å²) in [6.45, 7) is 0.694. The van der Waals surface area contributed by atoms with E-state index in [-0.39, 0.29) is 23.8 Å². The number of fused-ring (bicyclic) bond motifs is 2. The van der Waals surface area contributed by atoms with Gasteiger partial charge in [-0.2, -0.15) is 4.98 Å². The highest BCUT2D eigenvalue weighted by Crippen LogP contribution is 2.36. The van der Waals surface area contributed by atoms with Crippen LogP contribution in [0.4, 0.5) is 0 Å². The van der Waals surface area contributed by atoms with Crippen molar-refractivity contribution in [2.45, 2.75) is 23.4 Å². The van der Waals surface area contributed by atoms with Crippen molar-refractivity contribution in [3.63, 3.8) is 0 Å². The number of aromatic nitrogens is 3. The maximum atomic E-state index is 13.2. The summed E-state index contributed by atoms with van der Waals surface area (Å²) < 4.78 is 45.5. The average molecular weight is 480 g/mol. The van der Waals surface area contributed by atoms with Crippen molar-refractivity contribution < 1.29 is 22.4 Å². The molecule has 0 unspecified atom stereocenters. The third-order valence-corrected chi connectivity index (χ3v) is 7.66. The number of nitrogens with one attached hydrogen (secondary N) is 1. The monoisotopic (exact) mass is 479 g/mol. The summed E-state index contributed by atoms with van der Waals surface area (Å²) in [7, 11) is -1.87. The number of para-hydroxylation sites is 1. The van der Waals surface area contributed by atoms with Gasteiger partial charge in [0.25, 0.3) is 0 Å². The molecule has 10 nitrogen and oxygen atoms in total. The summed E-state index contributed by atoms with van der Waals surface area (Å²) in [5.41, 5.74) is 1.20. The summed E-state index contributed by atoms with van der Waals surface area (Å²) in [5.74, 6) is 2.19. The fourth-order valence-corrected chi connectivity index (χ4v) is 5.89. The zero-order chi connectivity index (χ0) is 23.3. The standard InChI is InChI=1S/C23H21N5O5S/c1-28-12-16(27-34(29,30)20-6-2-4-14-5-3-9-24-21(14)20)11-17(28)23-25-22(26-33-23)15-7-8-18-19(10-15)32-13-31-18/h2-10,16-17,27H,11-13H2,1H3/t16-,17-/m0/s1. The fourth-order valence-electron chi connectivity index (χ4n) is 4.47. The van der Waals surface area contributed by atoms with Crippen LogP contribution in [0.25, 0.3) is 22.3 Å². The van der Waals surface area contributed by atoms with E-state index >= 15 is 0 Å². The lowest BCUT2D eigenvalue weighted by Crippen LogP contribution is -2.36. The molecule has 0 spiro atoms. The average Bonchev–Trinajstić information content (AvgIpc) is 3.57. The van der Waals surface area contributed by atoms with Crippen LogP contribution >= 0.6 is 0 Å². The molecule has 174 valence electrons. The predicted octanol–water partition coefficient (Wildman–Crippen LogP) is 2.74. The topological polar surface area (TPSA) is 120 Å². The molecule has 0 radical (unpaired) electrons. The minimum absolute atomic E-state index is 0.166. The second-order valence-electron chi connectivity index (χ2n) is 8.36. The first kappa shape index (κ1) is 21.0. The Bertz CT molecular complexity index is 1480. The van der Waals surface area contributed by atoms with Crippen LogP contribution in [-0.2, 0) is 10.0 Å². The summed E-state index contributed by atoms with van der Waals surface area (Å²) >= 11 is 0. The van der Waals surface area contributed by atoms with Crippen LogP contribution in [-0.4, -0.2) is 54.9 Å². The number of benzene rings is 2. The molecule has 1 saturated heterocycles. The van der Waals surface area contributed by atoms with E-state index in [0.29, 0.717) is 41.7 Å². The van der Waals surface area contributed by atoms with Crippen LogP contribution in [0.15, 0.2) is 64.1 Å². The molecule has 2 aromatic heterocycles. The van der Waals surface area contributed by atoms with Gasteiger partial charge in [-0.15, -0.1) is 0 Å². The van der Waals surface area contributed by atoms with Crippen LogP contribution in [0, 0.1) is 0 Å². The molecule has 4 aromatic rings. The lowest BCUT2D eigenvalue weighted by molar-refractivity contribution is 0.174. The minimum atomic E-state index is -3.77. The molecule has 2 atom stereocenters. The van der Waals surface area contributed by atoms with Crippen LogP contribution in [0.3, 0.4) is 0 Å². The van der Waals surface area contributed by atoms with Crippen molar-refractivity contribution in [2.75, 3.05) is 20.4 Å². The lowest BCUT2D eigenvalue weighted by atomic mass is 10.1. The number of rotatable bonds is 5. The highest BCUT2D eigenvalue weighted by atomic mass is 32.2. The number of hydrogen-bond acceptors (Lipinski definition) is 9. The number of sulfonamides is 1. The first-order valence-corrected chi connectivity index (χ1v) is 12.3. The third-order valence-electron chi connectivity index (χ3n) is 6.11. The lowest BCUT2D eigenvalue weighted by Gasteiger charge is -2.14. The van der Waals surface area contributed by atoms with E-state index in [2.05, 4.69) is 19.8 Å². The molecule has 34 heavy (non-hydrogen) atoms. The van der Waals surface area contributed by atoms with Crippen LogP contribution in [0.2, 0.25) is 0 Å². The minimum Gasteiger partial charge on any atom is -0.454 e. The number of pyridine rings is 1. The number of likely N-dealkylation sites (N-methyl/N-ethyl adjacent to an activating group) is 1. The van der Waals surface area contributed by atoms with Crippen molar-refractivity contribution in [3.05, 3.63) is 60.6 Å². The van der Waals surface area contributed by atoms with Gasteiger partial charge >= 0.3 is 0 Å². The molecular weight excluding hydrogens is 458 g/mol. The number of hydrogen-bond donors (Lipinski definition) is 1. The second kappa shape index (κ2) is 8.05. The Morgan fingerprint density at radius 1 is 1.09 bits per heavy atom. The van der Waals surface area contributed by atoms with E-state index in [1.807, 2.05) is 42.3 Å². The van der Waals surface area contributed by atoms with Gasteiger partial charge in [-0.05, 0) is 43.8 Å². The van der Waals surface area contributed by atoms with Crippen molar-refractivity contribution >= 4 is 20.9 Å². The molecule has 2 aromatic carbocycles. The van der Waals surface area contributed by atoms with Crippen LogP contribution < -0.4 is 14.2 Å². The van der Waals surface area contributed by atoms with Gasteiger partial charge in [0.1, 0.15) is 4.90 Å². The number of ether oxygens (including phenoxy) is 2. The molecular formula is C23H21N5O5S. The highest BCUT2D eigenvalue weighted by molar-refractivity contribution is 7.89. The SMILES string of the molecule is CN1C[C@@H](NS(=O)(=O)c2cccc3cccnc23)C[C@H]1c1nc(-c2ccc3c(c2)OCO3)no1. The molecule has 1 fully saturated rings. The molecule has 0 aliphatic carbocycles. The first-order chi connectivity index (χ1) is 16.5. The third kappa shape index (κ3) is 3.67. The molecule has 11 heteroatoms. The maximum Gasteiger partial charge on any atom is 0.244 e. The van der Waals surface area contributed by atoms with Gasteiger partial charge in [-0.1, -0.05) is 23.4 Å². The highest BCUT2D eigenvalue weighted by Gasteiger charge is 2.37. The molecule has 0 amide bonds. The molecule has 6 rings (SSSR count). The summed E-state index contributed by atoms with van der Waals surface area (Å²) in [6, 6.07) is 13.7. The predicted molar refractivity (Wildman–Crippen MR) is 122 cm³/mol. The molecule has 1 N–H and O–H groups in total. The Balaban J connectivity index is 1.21. The smallest absolute Gasteiger partial charge is 0.244 e. The van der Waals surface area contributed by atoms with Gasteiger partial charge in [0.15, 0.2) is 11.5 Å². The van der Waals surface area contributed by atoms with Crippen LogP contribution in [0.5, 0.6) is 11.5 Å². The van der Waals surface area contributed by atoms with Gasteiger partial charge in [-0.25, -0.2) is 13.1 Å². The Morgan fingerprint density at radius 2 is 1.94 bits per heavy atom. The zero-order valence-electron chi connectivity index (χ0n) is 18.2. The number of nitrogens with zero attached hydrogens (tertiary/aromatic N) is 4. The van der Waals surface area contributed by atoms with Gasteiger partial charge < -0.3 is 14.0 Å². The Morgan fingerprint density at radius 3 is 2.85 bits per heavy atom. The van der Waals surface area contributed by atoms with E-state index in [4.69, 9.17) is 14.0 Å². The Labute approximate surface area is 195 Å². The molecule has 2 aliphatic heterocycles. The summed E-state index contributed by atoms with van der Waals surface area (Å²) in [4.78, 5) is 11.0. The largest absolute Gasteiger partial charge is 0.454 e. The van der Waals surface area contributed by atoms with Crippen molar-refractivity contribution in [1.82, 2.24) is 24.7 Å². The normalized spacial score (nSPS) is 20.3. The zero-order valence-corrected chi connectivity index (χ0v) is 19.0. The van der Waals surface area contributed by atoms with Gasteiger partial charge in [0, 0.05) is 29.7 Å². The molecule has 2 aliphatic rings. The quantitative estimate of drug-likeness (QED) is 0.461. The molecule has 0 saturated carbocycles. The van der Waals surface area contributed by atoms with E-state index < -0.39 is 10.0 Å². The van der Waals surface area contributed by atoms with Crippen LogP contribution in [0.1, 0.15) is 18.4 Å². The summed E-state index contributed by atoms with van der Waals surface area (Å²) in [6.07, 6.45) is 2.09. The van der Waals surface area contributed by atoms with E-state index in [1.165, 1.54) is 0 Å². The molecule has 4 heterocycles. The van der Waals surface area contributed by atoms with E-state index in [1.54, 1.807) is 24.4 Å². The van der Waals surface area contributed by atoms with Gasteiger partial charge in [0.05, 0.1) is 11.6 Å². The van der Waals surface area contributed by atoms with Crippen molar-refractivity contribution in [3.8, 4) is 22.9 Å². The van der Waals surface area contributed by atoms with Crippen molar-refractivity contribution in [2.24, 2.45) is 0 Å². The maximum absolute atomic E-state index is 13.2. The Hall–Kier alpha value is -3.54. The van der Waals surface area contributed by atoms with Crippen molar-refractivity contribution in [1.29, 1.82) is 0 Å². The number of likely N-dealkylation sites (tertiary alicyclic amines) is 1. The second-order valence-corrected chi connectivity index (χ2v) is 10.0. The first-order valence-electron chi connectivity index (χ1n) is 10.8. The van der Waals surface area contributed by atoms with E-state index in [9.17, 15) is 8.42 Å². The van der Waals surface area contributed by atoms with Gasteiger partial charge in [0.2, 0.25) is 28.5 Å². The fraction of sp³-hybridized carbons (Fsp3) is 0.261. The molecule has 0 bridgehead atoms. The van der Waals surface area contributed by atoms with Gasteiger partial charge in [-0.3, -0.25) is 9.88 Å².